The first-order valence-electron chi connectivity index (χ1n) is 6.84. The number of nitrogens with zero attached hydrogens (tertiary/aromatic N) is 1. The van der Waals surface area contributed by atoms with Crippen LogP contribution in [0.2, 0.25) is 0 Å². The van der Waals surface area contributed by atoms with E-state index < -0.39 is 11.0 Å². The van der Waals surface area contributed by atoms with Crippen molar-refractivity contribution in [3.63, 3.8) is 0 Å². The Hall–Kier alpha value is -1.95. The average Bonchev–Trinajstić information content (AvgIpc) is 2.52. The van der Waals surface area contributed by atoms with Crippen LogP contribution in [0.1, 0.15) is 17.2 Å². The first-order valence-corrected chi connectivity index (χ1v) is 6.84. The topological polar surface area (TPSA) is 75.4 Å². The number of hydrogen-bond acceptors (Lipinski definition) is 4. The Labute approximate surface area is 135 Å². The lowest BCUT2D eigenvalue weighted by atomic mass is 10.1. The van der Waals surface area contributed by atoms with Gasteiger partial charge in [-0.3, -0.25) is 10.1 Å². The van der Waals surface area contributed by atoms with E-state index in [1.54, 1.807) is 12.1 Å². The summed E-state index contributed by atoms with van der Waals surface area (Å²) in [6.45, 7) is 1.19. The van der Waals surface area contributed by atoms with Gasteiger partial charge in [0.15, 0.2) is 0 Å². The lowest BCUT2D eigenvalue weighted by Gasteiger charge is -2.12. The van der Waals surface area contributed by atoms with Crippen LogP contribution < -0.4 is 5.32 Å². The summed E-state index contributed by atoms with van der Waals surface area (Å²) in [5.74, 6) is 0. The van der Waals surface area contributed by atoms with Gasteiger partial charge in [0, 0.05) is 18.7 Å². The molecule has 2 aromatic carbocycles. The van der Waals surface area contributed by atoms with E-state index in [-0.39, 0.29) is 18.1 Å². The third-order valence-corrected chi connectivity index (χ3v) is 3.26. The number of benzene rings is 2. The van der Waals surface area contributed by atoms with Gasteiger partial charge in [0.1, 0.15) is 0 Å². The number of nitro benzene ring substituents is 1. The van der Waals surface area contributed by atoms with Crippen molar-refractivity contribution in [2.24, 2.45) is 0 Å². The highest BCUT2D eigenvalue weighted by atomic mass is 35.5. The van der Waals surface area contributed by atoms with Gasteiger partial charge in [-0.2, -0.15) is 0 Å². The fraction of sp³-hybridized carbons (Fsp3) is 0.250. The van der Waals surface area contributed by atoms with E-state index >= 15 is 0 Å². The first kappa shape index (κ1) is 18.1. The number of nitrogens with one attached hydrogen (secondary N) is 1. The van der Waals surface area contributed by atoms with Crippen LogP contribution in [0.3, 0.4) is 0 Å². The number of rotatable bonds is 7. The molecule has 118 valence electrons. The lowest BCUT2D eigenvalue weighted by Crippen LogP contribution is -2.23. The van der Waals surface area contributed by atoms with Crippen LogP contribution in [0.4, 0.5) is 5.69 Å². The van der Waals surface area contributed by atoms with Gasteiger partial charge in [-0.15, -0.1) is 12.4 Å². The SMILES string of the molecule is Cl.O=[N+]([O-])c1ccc(CCNC[C@H](O)c2ccccc2)cc1. The number of hydrogen-bond donors (Lipinski definition) is 2. The predicted octanol–water partition coefficient (Wildman–Crippen LogP) is 2.88. The van der Waals surface area contributed by atoms with Crippen LogP contribution >= 0.6 is 12.4 Å². The third kappa shape index (κ3) is 5.44. The van der Waals surface area contributed by atoms with Gasteiger partial charge >= 0.3 is 0 Å². The van der Waals surface area contributed by atoms with E-state index in [2.05, 4.69) is 5.32 Å². The van der Waals surface area contributed by atoms with Crippen LogP contribution in [0.5, 0.6) is 0 Å². The normalized spacial score (nSPS) is 11.5. The summed E-state index contributed by atoms with van der Waals surface area (Å²) >= 11 is 0. The summed E-state index contributed by atoms with van der Waals surface area (Å²) in [5.41, 5.74) is 2.02. The maximum atomic E-state index is 10.5. The smallest absolute Gasteiger partial charge is 0.269 e. The Morgan fingerprint density at radius 2 is 1.73 bits per heavy atom. The molecule has 22 heavy (non-hydrogen) atoms. The minimum atomic E-state index is -0.525. The summed E-state index contributed by atoms with van der Waals surface area (Å²) in [4.78, 5) is 10.1. The Balaban J connectivity index is 0.00000242. The summed E-state index contributed by atoms with van der Waals surface area (Å²) in [7, 11) is 0. The standard InChI is InChI=1S/C16H18N2O3.ClH/c19-16(14-4-2-1-3-5-14)12-17-11-10-13-6-8-15(9-7-13)18(20)21;/h1-9,16-17,19H,10-12H2;1H/t16-;/m0./s1. The van der Waals surface area contributed by atoms with Crippen molar-refractivity contribution in [3.05, 3.63) is 75.8 Å². The number of nitro groups is 1. The van der Waals surface area contributed by atoms with Gasteiger partial charge in [0.25, 0.3) is 5.69 Å². The molecule has 6 heteroatoms. The highest BCUT2D eigenvalue weighted by molar-refractivity contribution is 5.85. The molecule has 2 N–H and O–H groups in total. The monoisotopic (exact) mass is 322 g/mol. The first-order chi connectivity index (χ1) is 10.2. The molecule has 0 heterocycles. The Morgan fingerprint density at radius 3 is 2.32 bits per heavy atom. The zero-order valence-corrected chi connectivity index (χ0v) is 12.8. The molecule has 0 aromatic heterocycles. The molecule has 5 nitrogen and oxygen atoms in total. The molecule has 0 aliphatic heterocycles. The number of aliphatic hydroxyl groups excluding tert-OH is 1. The fourth-order valence-electron chi connectivity index (χ4n) is 2.05. The Morgan fingerprint density at radius 1 is 1.09 bits per heavy atom. The minimum Gasteiger partial charge on any atom is -0.387 e. The number of halogens is 1. The van der Waals surface area contributed by atoms with Crippen LogP contribution in [0.15, 0.2) is 54.6 Å². The van der Waals surface area contributed by atoms with Gasteiger partial charge in [-0.25, -0.2) is 0 Å². The van der Waals surface area contributed by atoms with Crippen molar-refractivity contribution in [1.29, 1.82) is 0 Å². The van der Waals surface area contributed by atoms with Crippen molar-refractivity contribution >= 4 is 18.1 Å². The summed E-state index contributed by atoms with van der Waals surface area (Å²) in [6, 6.07) is 16.0. The van der Waals surface area contributed by atoms with E-state index in [4.69, 9.17) is 0 Å². The van der Waals surface area contributed by atoms with Gasteiger partial charge in [-0.1, -0.05) is 42.5 Å². The second-order valence-corrected chi connectivity index (χ2v) is 4.80. The van der Waals surface area contributed by atoms with Crippen molar-refractivity contribution in [2.45, 2.75) is 12.5 Å². The van der Waals surface area contributed by atoms with E-state index in [9.17, 15) is 15.2 Å². The molecule has 0 aliphatic rings. The van der Waals surface area contributed by atoms with E-state index in [1.807, 2.05) is 30.3 Å². The van der Waals surface area contributed by atoms with Gasteiger partial charge < -0.3 is 10.4 Å². The molecule has 0 fully saturated rings. The van der Waals surface area contributed by atoms with Gasteiger partial charge in [0.05, 0.1) is 11.0 Å². The summed E-state index contributed by atoms with van der Waals surface area (Å²) in [6.07, 6.45) is 0.238. The van der Waals surface area contributed by atoms with Crippen LogP contribution in [0.25, 0.3) is 0 Å². The minimum absolute atomic E-state index is 0. The van der Waals surface area contributed by atoms with Crippen LogP contribution in [-0.4, -0.2) is 23.1 Å². The van der Waals surface area contributed by atoms with Crippen molar-refractivity contribution < 1.29 is 10.0 Å². The molecule has 0 radical (unpaired) electrons. The van der Waals surface area contributed by atoms with Crippen LogP contribution in [-0.2, 0) is 6.42 Å². The van der Waals surface area contributed by atoms with Crippen molar-refractivity contribution in [2.75, 3.05) is 13.1 Å². The van der Waals surface area contributed by atoms with Gasteiger partial charge in [-0.05, 0) is 24.1 Å². The molecule has 2 rings (SSSR count). The quantitative estimate of drug-likeness (QED) is 0.467. The highest BCUT2D eigenvalue weighted by Gasteiger charge is 2.06. The van der Waals surface area contributed by atoms with E-state index in [0.717, 1.165) is 17.5 Å². The van der Waals surface area contributed by atoms with Crippen molar-refractivity contribution in [1.82, 2.24) is 5.32 Å². The predicted molar refractivity (Wildman–Crippen MR) is 88.3 cm³/mol. The Bertz CT molecular complexity index is 576. The third-order valence-electron chi connectivity index (χ3n) is 3.26. The van der Waals surface area contributed by atoms with Crippen molar-refractivity contribution in [3.8, 4) is 0 Å². The highest BCUT2D eigenvalue weighted by Crippen LogP contribution is 2.12. The second-order valence-electron chi connectivity index (χ2n) is 4.80. The molecule has 1 atom stereocenters. The molecule has 0 spiro atoms. The fourth-order valence-corrected chi connectivity index (χ4v) is 2.05. The Kier molecular flexibility index (Phi) is 7.52. The van der Waals surface area contributed by atoms with Crippen LogP contribution in [0, 0.1) is 10.1 Å². The van der Waals surface area contributed by atoms with Gasteiger partial charge in [0.2, 0.25) is 0 Å². The molecular weight excluding hydrogens is 304 g/mol. The molecule has 0 saturated carbocycles. The maximum Gasteiger partial charge on any atom is 0.269 e. The lowest BCUT2D eigenvalue weighted by molar-refractivity contribution is -0.384. The molecule has 0 bridgehead atoms. The molecule has 0 amide bonds. The molecule has 0 aliphatic carbocycles. The molecule has 0 unspecified atom stereocenters. The summed E-state index contributed by atoms with van der Waals surface area (Å²) in [5, 5.41) is 23.7. The van der Waals surface area contributed by atoms with E-state index in [1.165, 1.54) is 12.1 Å². The maximum absolute atomic E-state index is 10.5. The second kappa shape index (κ2) is 9.15. The zero-order valence-electron chi connectivity index (χ0n) is 12.0. The molecular formula is C16H19ClN2O3. The number of aliphatic hydroxyl groups is 1. The molecule has 2 aromatic rings. The molecule has 0 saturated heterocycles. The average molecular weight is 323 g/mol. The number of non-ortho nitro benzene ring substituents is 1. The zero-order chi connectivity index (χ0) is 15.1. The summed E-state index contributed by atoms with van der Waals surface area (Å²) < 4.78 is 0. The van der Waals surface area contributed by atoms with E-state index in [0.29, 0.717) is 13.1 Å². The largest absolute Gasteiger partial charge is 0.387 e.